The number of nitrogens with one attached hydrogen (secondary N) is 2. The molecular formula is C16H24ClN3O6. The van der Waals surface area contributed by atoms with Crippen molar-refractivity contribution in [3.05, 3.63) is 23.8 Å². The van der Waals surface area contributed by atoms with E-state index in [0.29, 0.717) is 17.1 Å². The van der Waals surface area contributed by atoms with Crippen LogP contribution in [0.25, 0.3) is 0 Å². The Kier molecular flexibility index (Phi) is 10.8. The van der Waals surface area contributed by atoms with Gasteiger partial charge in [0.25, 0.3) is 0 Å². The average Bonchev–Trinajstić information content (AvgIpc) is 2.64. The summed E-state index contributed by atoms with van der Waals surface area (Å²) in [6, 6.07) is 4.37. The molecule has 0 aliphatic heterocycles. The van der Waals surface area contributed by atoms with Gasteiger partial charge in [-0.25, -0.2) is 0 Å². The Morgan fingerprint density at radius 2 is 1.73 bits per heavy atom. The number of halogens is 1. The molecule has 9 nitrogen and oxygen atoms in total. The number of hydrogen-bond donors (Lipinski definition) is 3. The van der Waals surface area contributed by atoms with E-state index < -0.39 is 23.8 Å². The van der Waals surface area contributed by atoms with E-state index in [-0.39, 0.29) is 31.9 Å². The van der Waals surface area contributed by atoms with Crippen molar-refractivity contribution < 1.29 is 28.6 Å². The molecule has 4 N–H and O–H groups in total. The maximum absolute atomic E-state index is 12.0. The molecule has 0 saturated heterocycles. The topological polar surface area (TPSA) is 129 Å². The summed E-state index contributed by atoms with van der Waals surface area (Å²) in [6.07, 6.45) is -0.0808. The fourth-order valence-electron chi connectivity index (χ4n) is 2.07. The van der Waals surface area contributed by atoms with Gasteiger partial charge in [0.1, 0.15) is 0 Å². The maximum atomic E-state index is 12.0. The number of carbonyl (C=O) groups excluding carboxylic acids is 3. The van der Waals surface area contributed by atoms with Crippen LogP contribution in [0, 0.1) is 0 Å². The molecule has 1 aromatic rings. The molecule has 0 heterocycles. The molecule has 0 radical (unpaired) electrons. The fraction of sp³-hybridized carbons (Fsp3) is 0.438. The Morgan fingerprint density at radius 1 is 1.08 bits per heavy atom. The summed E-state index contributed by atoms with van der Waals surface area (Å²) in [6.45, 7) is -0.463. The Bertz CT molecular complexity index is 626. The van der Waals surface area contributed by atoms with Gasteiger partial charge in [0.2, 0.25) is 11.8 Å². The van der Waals surface area contributed by atoms with E-state index in [9.17, 15) is 14.4 Å². The molecule has 1 rings (SSSR count). The molecular weight excluding hydrogens is 366 g/mol. The van der Waals surface area contributed by atoms with E-state index in [0.717, 1.165) is 0 Å². The lowest BCUT2D eigenvalue weighted by atomic mass is 10.0. The van der Waals surface area contributed by atoms with Gasteiger partial charge in [-0.3, -0.25) is 14.4 Å². The number of ether oxygens (including phenoxy) is 3. The Balaban J connectivity index is 0.00000625. The van der Waals surface area contributed by atoms with Crippen molar-refractivity contribution in [1.82, 2.24) is 10.6 Å². The van der Waals surface area contributed by atoms with Crippen LogP contribution >= 0.6 is 12.4 Å². The molecule has 0 bridgehead atoms. The van der Waals surface area contributed by atoms with Gasteiger partial charge in [0.05, 0.1) is 46.9 Å². The highest BCUT2D eigenvalue weighted by Gasteiger charge is 2.20. The van der Waals surface area contributed by atoms with Crippen molar-refractivity contribution >= 4 is 30.2 Å². The van der Waals surface area contributed by atoms with Crippen LogP contribution in [0.3, 0.4) is 0 Å². The molecule has 0 aliphatic rings. The summed E-state index contributed by atoms with van der Waals surface area (Å²) in [4.78, 5) is 34.8. The lowest BCUT2D eigenvalue weighted by Crippen LogP contribution is -2.41. The summed E-state index contributed by atoms with van der Waals surface area (Å²) in [5, 5.41) is 5.04. The third-order valence-electron chi connectivity index (χ3n) is 3.38. The van der Waals surface area contributed by atoms with Gasteiger partial charge in [-0.1, -0.05) is 6.07 Å². The second-order valence-electron chi connectivity index (χ2n) is 5.00. The minimum Gasteiger partial charge on any atom is -0.493 e. The number of amides is 2. The van der Waals surface area contributed by atoms with Crippen LogP contribution in [0.15, 0.2) is 18.2 Å². The van der Waals surface area contributed by atoms with E-state index in [4.69, 9.17) is 15.2 Å². The Labute approximate surface area is 157 Å². The number of rotatable bonds is 9. The molecule has 0 aromatic heterocycles. The van der Waals surface area contributed by atoms with Crippen LogP contribution in [0.2, 0.25) is 0 Å². The Morgan fingerprint density at radius 3 is 2.27 bits per heavy atom. The largest absolute Gasteiger partial charge is 0.493 e. The molecule has 146 valence electrons. The Hall–Kier alpha value is -2.52. The van der Waals surface area contributed by atoms with Crippen LogP contribution in [0.5, 0.6) is 11.5 Å². The molecule has 1 aromatic carbocycles. The highest BCUT2D eigenvalue weighted by Crippen LogP contribution is 2.31. The molecule has 0 saturated carbocycles. The quantitative estimate of drug-likeness (QED) is 0.504. The minimum atomic E-state index is -0.658. The van der Waals surface area contributed by atoms with Gasteiger partial charge in [-0.15, -0.1) is 12.4 Å². The van der Waals surface area contributed by atoms with Gasteiger partial charge in [0, 0.05) is 0 Å². The summed E-state index contributed by atoms with van der Waals surface area (Å²) in [5.41, 5.74) is 5.79. The minimum absolute atomic E-state index is 0. The normalized spacial score (nSPS) is 10.8. The zero-order valence-corrected chi connectivity index (χ0v) is 15.7. The first-order valence-corrected chi connectivity index (χ1v) is 7.50. The molecule has 0 fully saturated rings. The predicted octanol–water partition coefficient (Wildman–Crippen LogP) is -0.0791. The number of esters is 1. The van der Waals surface area contributed by atoms with Crippen LogP contribution < -0.4 is 25.8 Å². The predicted molar refractivity (Wildman–Crippen MR) is 96.4 cm³/mol. The number of carbonyl (C=O) groups is 3. The average molecular weight is 390 g/mol. The third-order valence-corrected chi connectivity index (χ3v) is 3.38. The monoisotopic (exact) mass is 389 g/mol. The number of hydrogen-bond acceptors (Lipinski definition) is 7. The number of nitrogens with two attached hydrogens (primary N) is 1. The molecule has 0 aliphatic carbocycles. The van der Waals surface area contributed by atoms with E-state index >= 15 is 0 Å². The van der Waals surface area contributed by atoms with Crippen molar-refractivity contribution in [1.29, 1.82) is 0 Å². The lowest BCUT2D eigenvalue weighted by Gasteiger charge is -2.20. The zero-order chi connectivity index (χ0) is 18.8. The summed E-state index contributed by atoms with van der Waals surface area (Å²) in [5.74, 6) is -0.437. The highest BCUT2D eigenvalue weighted by molar-refractivity contribution is 5.86. The molecule has 2 amide bonds. The van der Waals surface area contributed by atoms with Gasteiger partial charge in [-0.05, 0) is 17.7 Å². The maximum Gasteiger partial charge on any atom is 0.307 e. The van der Waals surface area contributed by atoms with Gasteiger partial charge in [-0.2, -0.15) is 0 Å². The molecule has 26 heavy (non-hydrogen) atoms. The van der Waals surface area contributed by atoms with Crippen molar-refractivity contribution in [3.63, 3.8) is 0 Å². The van der Waals surface area contributed by atoms with E-state index in [2.05, 4.69) is 15.4 Å². The molecule has 10 heteroatoms. The van der Waals surface area contributed by atoms with Crippen LogP contribution in [-0.2, 0) is 19.1 Å². The van der Waals surface area contributed by atoms with Crippen LogP contribution in [0.1, 0.15) is 18.0 Å². The van der Waals surface area contributed by atoms with Crippen molar-refractivity contribution in [2.75, 3.05) is 34.4 Å². The highest BCUT2D eigenvalue weighted by atomic mass is 35.5. The molecule has 1 unspecified atom stereocenters. The SMILES string of the molecule is COC(=O)CC(NC(=O)CNC(=O)CN)c1ccc(OC)c(OC)c1.Cl. The second-order valence-corrected chi connectivity index (χ2v) is 5.00. The smallest absolute Gasteiger partial charge is 0.307 e. The first-order chi connectivity index (χ1) is 11.9. The zero-order valence-electron chi connectivity index (χ0n) is 14.9. The fourth-order valence-corrected chi connectivity index (χ4v) is 2.07. The first-order valence-electron chi connectivity index (χ1n) is 7.50. The van der Waals surface area contributed by atoms with Crippen molar-refractivity contribution in [2.45, 2.75) is 12.5 Å². The standard InChI is InChI=1S/C16H23N3O6.ClH/c1-23-12-5-4-10(6-13(12)24-2)11(7-16(22)25-3)19-15(21)9-18-14(20)8-17;/h4-6,11H,7-9,17H2,1-3H3,(H,18,20)(H,19,21);1H. The number of methoxy groups -OCH3 is 3. The van der Waals surface area contributed by atoms with Gasteiger partial charge < -0.3 is 30.6 Å². The van der Waals surface area contributed by atoms with E-state index in [1.807, 2.05) is 0 Å². The summed E-state index contributed by atoms with van der Waals surface area (Å²) >= 11 is 0. The van der Waals surface area contributed by atoms with Crippen molar-refractivity contribution in [3.8, 4) is 11.5 Å². The molecule has 0 spiro atoms. The molecule has 1 atom stereocenters. The first kappa shape index (κ1) is 23.5. The van der Waals surface area contributed by atoms with Gasteiger partial charge in [0.15, 0.2) is 11.5 Å². The van der Waals surface area contributed by atoms with Crippen LogP contribution in [0.4, 0.5) is 0 Å². The summed E-state index contributed by atoms with van der Waals surface area (Å²) in [7, 11) is 4.25. The summed E-state index contributed by atoms with van der Waals surface area (Å²) < 4.78 is 15.1. The van der Waals surface area contributed by atoms with Crippen molar-refractivity contribution in [2.24, 2.45) is 5.73 Å². The van der Waals surface area contributed by atoms with Crippen LogP contribution in [-0.4, -0.2) is 52.2 Å². The second kappa shape index (κ2) is 11.9. The number of benzene rings is 1. The van der Waals surface area contributed by atoms with Gasteiger partial charge >= 0.3 is 5.97 Å². The third kappa shape index (κ3) is 7.16. The van der Waals surface area contributed by atoms with E-state index in [1.165, 1.54) is 21.3 Å². The van der Waals surface area contributed by atoms with E-state index in [1.54, 1.807) is 18.2 Å². The lowest BCUT2D eigenvalue weighted by molar-refractivity contribution is -0.141.